The van der Waals surface area contributed by atoms with Crippen LogP contribution >= 0.6 is 0 Å². The Morgan fingerprint density at radius 3 is 2.71 bits per heavy atom. The minimum atomic E-state index is -0.682. The van der Waals surface area contributed by atoms with E-state index in [4.69, 9.17) is 9.84 Å². The highest BCUT2D eigenvalue weighted by Gasteiger charge is 2.59. The molecule has 1 spiro atoms. The fourth-order valence-corrected chi connectivity index (χ4v) is 3.70. The molecule has 1 aliphatic carbocycles. The minimum Gasteiger partial charge on any atom is -0.494 e. The van der Waals surface area contributed by atoms with Gasteiger partial charge in [-0.25, -0.2) is 0 Å². The number of benzene rings is 1. The van der Waals surface area contributed by atoms with Crippen LogP contribution in [0.4, 0.5) is 0 Å². The Bertz CT molecular complexity index is 620. The number of carboxylic acids is 1. The molecule has 1 heterocycles. The van der Waals surface area contributed by atoms with Crippen molar-refractivity contribution in [2.24, 2.45) is 11.3 Å². The van der Waals surface area contributed by atoms with Crippen molar-refractivity contribution < 1.29 is 19.4 Å². The number of nitrogens with zero attached hydrogens (tertiary/aromatic N) is 1. The van der Waals surface area contributed by atoms with E-state index in [9.17, 15) is 9.59 Å². The second kappa shape index (κ2) is 6.83. The van der Waals surface area contributed by atoms with Gasteiger partial charge >= 0.3 is 5.97 Å². The molecule has 3 rings (SSSR count). The van der Waals surface area contributed by atoms with E-state index >= 15 is 0 Å². The highest BCUT2D eigenvalue weighted by Crippen LogP contribution is 2.59. The van der Waals surface area contributed by atoms with E-state index in [2.05, 4.69) is 6.92 Å². The lowest BCUT2D eigenvalue weighted by molar-refractivity contribution is -0.139. The molecule has 1 N–H and O–H groups in total. The van der Waals surface area contributed by atoms with Crippen LogP contribution in [0.1, 0.15) is 38.2 Å². The van der Waals surface area contributed by atoms with Crippen LogP contribution in [0.15, 0.2) is 24.3 Å². The average Bonchev–Trinajstić information content (AvgIpc) is 3.28. The summed E-state index contributed by atoms with van der Waals surface area (Å²) >= 11 is 0. The van der Waals surface area contributed by atoms with Crippen LogP contribution in [0.25, 0.3) is 0 Å². The van der Waals surface area contributed by atoms with Gasteiger partial charge in [0.25, 0.3) is 0 Å². The van der Waals surface area contributed by atoms with Crippen molar-refractivity contribution in [1.29, 1.82) is 0 Å². The Morgan fingerprint density at radius 1 is 1.33 bits per heavy atom. The fraction of sp³-hybridized carbons (Fsp3) is 0.579. The van der Waals surface area contributed by atoms with Gasteiger partial charge in [-0.2, -0.15) is 0 Å². The Kier molecular flexibility index (Phi) is 4.78. The summed E-state index contributed by atoms with van der Waals surface area (Å²) in [5, 5.41) is 9.14. The first kappa shape index (κ1) is 16.8. The van der Waals surface area contributed by atoms with E-state index in [1.807, 2.05) is 29.2 Å². The maximum absolute atomic E-state index is 12.5. The predicted molar refractivity (Wildman–Crippen MR) is 89.9 cm³/mol. The molecule has 0 radical (unpaired) electrons. The second-order valence-corrected chi connectivity index (χ2v) is 7.01. The molecule has 1 aliphatic heterocycles. The largest absolute Gasteiger partial charge is 0.494 e. The van der Waals surface area contributed by atoms with Gasteiger partial charge in [-0.1, -0.05) is 19.1 Å². The number of carbonyl (C=O) groups is 2. The monoisotopic (exact) mass is 331 g/mol. The third-order valence-electron chi connectivity index (χ3n) is 5.33. The Balaban J connectivity index is 1.52. The van der Waals surface area contributed by atoms with E-state index in [-0.39, 0.29) is 17.2 Å². The number of hydrogen-bond donors (Lipinski definition) is 1. The molecule has 0 bridgehead atoms. The van der Waals surface area contributed by atoms with Gasteiger partial charge in [0, 0.05) is 13.1 Å². The molecule has 1 saturated carbocycles. The molecular formula is C19H25NO4. The topological polar surface area (TPSA) is 66.8 Å². The van der Waals surface area contributed by atoms with Crippen LogP contribution in [0.2, 0.25) is 0 Å². The normalized spacial score (nSPS) is 21.5. The maximum Gasteiger partial charge on any atom is 0.307 e. The maximum atomic E-state index is 12.5. The predicted octanol–water partition coefficient (Wildman–Crippen LogP) is 2.73. The average molecular weight is 331 g/mol. The molecule has 1 aromatic carbocycles. The van der Waals surface area contributed by atoms with Crippen molar-refractivity contribution in [3.05, 3.63) is 29.8 Å². The van der Waals surface area contributed by atoms with Crippen molar-refractivity contribution in [1.82, 2.24) is 4.90 Å². The summed E-state index contributed by atoms with van der Waals surface area (Å²) in [5.41, 5.74) is 0.931. The molecule has 1 aromatic rings. The van der Waals surface area contributed by atoms with E-state index < -0.39 is 5.97 Å². The summed E-state index contributed by atoms with van der Waals surface area (Å²) in [6.45, 7) is 4.09. The SMILES string of the molecule is CCCOc1cccc(CC(=O)N2CCC3(CC2)CC3C(=O)O)c1. The second-order valence-electron chi connectivity index (χ2n) is 7.01. The number of piperidine rings is 1. The summed E-state index contributed by atoms with van der Waals surface area (Å²) in [6.07, 6.45) is 3.74. The van der Waals surface area contributed by atoms with Crippen LogP contribution in [-0.4, -0.2) is 41.6 Å². The molecule has 130 valence electrons. The number of ether oxygens (including phenoxy) is 1. The number of carbonyl (C=O) groups excluding carboxylic acids is 1. The standard InChI is InChI=1S/C19H25NO4/c1-2-10-24-15-5-3-4-14(11-15)12-17(21)20-8-6-19(7-9-20)13-16(19)18(22)23/h3-5,11,16H,2,6-10,12-13H2,1H3,(H,22,23). The van der Waals surface area contributed by atoms with Gasteiger partial charge in [-0.05, 0) is 48.8 Å². The number of hydrogen-bond acceptors (Lipinski definition) is 3. The van der Waals surface area contributed by atoms with Crippen LogP contribution < -0.4 is 4.74 Å². The Labute approximate surface area is 142 Å². The van der Waals surface area contributed by atoms with Crippen LogP contribution in [0.3, 0.4) is 0 Å². The highest BCUT2D eigenvalue weighted by atomic mass is 16.5. The lowest BCUT2D eigenvalue weighted by Crippen LogP contribution is -2.40. The highest BCUT2D eigenvalue weighted by molar-refractivity contribution is 5.79. The van der Waals surface area contributed by atoms with E-state index in [1.54, 1.807) is 0 Å². The molecule has 24 heavy (non-hydrogen) atoms. The minimum absolute atomic E-state index is 0.0312. The van der Waals surface area contributed by atoms with E-state index in [0.717, 1.165) is 37.0 Å². The van der Waals surface area contributed by atoms with Gasteiger partial charge in [0.15, 0.2) is 0 Å². The van der Waals surface area contributed by atoms with E-state index in [0.29, 0.717) is 26.1 Å². The van der Waals surface area contributed by atoms with Crippen LogP contribution in [0, 0.1) is 11.3 Å². The summed E-state index contributed by atoms with van der Waals surface area (Å²) in [7, 11) is 0. The molecule has 5 nitrogen and oxygen atoms in total. The van der Waals surface area contributed by atoms with Gasteiger partial charge in [-0.3, -0.25) is 9.59 Å². The molecule has 1 unspecified atom stereocenters. The smallest absolute Gasteiger partial charge is 0.307 e. The summed E-state index contributed by atoms with van der Waals surface area (Å²) < 4.78 is 5.61. The third kappa shape index (κ3) is 3.55. The Morgan fingerprint density at radius 2 is 2.08 bits per heavy atom. The molecule has 1 amide bonds. The summed E-state index contributed by atoms with van der Waals surface area (Å²) in [5.74, 6) is 0.0489. The Hall–Kier alpha value is -2.04. The quantitative estimate of drug-likeness (QED) is 0.870. The number of aliphatic carboxylic acids is 1. The molecule has 0 aromatic heterocycles. The van der Waals surface area contributed by atoms with Gasteiger partial charge < -0.3 is 14.7 Å². The number of carboxylic acid groups (broad SMARTS) is 1. The third-order valence-corrected chi connectivity index (χ3v) is 5.33. The lowest BCUT2D eigenvalue weighted by atomic mass is 9.90. The summed E-state index contributed by atoms with van der Waals surface area (Å²) in [6, 6.07) is 7.71. The zero-order chi connectivity index (χ0) is 17.2. The molecule has 1 atom stereocenters. The first-order valence-corrected chi connectivity index (χ1v) is 8.76. The van der Waals surface area contributed by atoms with Crippen molar-refractivity contribution >= 4 is 11.9 Å². The van der Waals surface area contributed by atoms with Crippen LogP contribution in [0.5, 0.6) is 5.75 Å². The van der Waals surface area contributed by atoms with E-state index in [1.165, 1.54) is 0 Å². The zero-order valence-corrected chi connectivity index (χ0v) is 14.2. The van der Waals surface area contributed by atoms with Gasteiger partial charge in [0.05, 0.1) is 18.9 Å². The van der Waals surface area contributed by atoms with Crippen molar-refractivity contribution in [3.8, 4) is 5.75 Å². The molecule has 2 fully saturated rings. The number of likely N-dealkylation sites (tertiary alicyclic amines) is 1. The van der Waals surface area contributed by atoms with Crippen molar-refractivity contribution in [2.45, 2.75) is 39.0 Å². The molecule has 2 aliphatic rings. The number of amides is 1. The van der Waals surface area contributed by atoms with Crippen molar-refractivity contribution in [2.75, 3.05) is 19.7 Å². The lowest BCUT2D eigenvalue weighted by Gasteiger charge is -2.32. The first-order valence-electron chi connectivity index (χ1n) is 8.76. The van der Waals surface area contributed by atoms with Gasteiger partial charge in [-0.15, -0.1) is 0 Å². The zero-order valence-electron chi connectivity index (χ0n) is 14.2. The first-order chi connectivity index (χ1) is 11.5. The molecule has 5 heteroatoms. The van der Waals surface area contributed by atoms with Crippen LogP contribution in [-0.2, 0) is 16.0 Å². The molecular weight excluding hydrogens is 306 g/mol. The number of rotatable bonds is 6. The fourth-order valence-electron chi connectivity index (χ4n) is 3.70. The summed E-state index contributed by atoms with van der Waals surface area (Å²) in [4.78, 5) is 25.5. The van der Waals surface area contributed by atoms with Gasteiger partial charge in [0.1, 0.15) is 5.75 Å². The van der Waals surface area contributed by atoms with Gasteiger partial charge in [0.2, 0.25) is 5.91 Å². The van der Waals surface area contributed by atoms with Crippen molar-refractivity contribution in [3.63, 3.8) is 0 Å². The molecule has 1 saturated heterocycles.